The van der Waals surface area contributed by atoms with Gasteiger partial charge in [-0.3, -0.25) is 4.79 Å². The fourth-order valence-electron chi connectivity index (χ4n) is 1.68. The molecule has 0 spiro atoms. The zero-order chi connectivity index (χ0) is 13.7. The maximum absolute atomic E-state index is 10.7. The molecular formula is C15H13ClO3. The Balaban J connectivity index is 2.08. The van der Waals surface area contributed by atoms with Crippen LogP contribution in [-0.2, 0) is 17.8 Å². The molecule has 0 radical (unpaired) electrons. The molecule has 98 valence electrons. The molecule has 2 rings (SSSR count). The molecule has 0 fully saturated rings. The third kappa shape index (κ3) is 4.00. The highest BCUT2D eigenvalue weighted by Gasteiger charge is 2.06. The van der Waals surface area contributed by atoms with Gasteiger partial charge in [0, 0.05) is 0 Å². The van der Waals surface area contributed by atoms with Crippen molar-refractivity contribution in [3.8, 4) is 5.75 Å². The van der Waals surface area contributed by atoms with E-state index in [1.54, 1.807) is 18.2 Å². The van der Waals surface area contributed by atoms with E-state index in [2.05, 4.69) is 0 Å². The molecule has 4 heteroatoms. The van der Waals surface area contributed by atoms with Crippen LogP contribution in [0.4, 0.5) is 0 Å². The van der Waals surface area contributed by atoms with Gasteiger partial charge in [0.15, 0.2) is 0 Å². The van der Waals surface area contributed by atoms with Gasteiger partial charge in [0.1, 0.15) is 12.4 Å². The van der Waals surface area contributed by atoms with Gasteiger partial charge in [-0.05, 0) is 23.3 Å². The van der Waals surface area contributed by atoms with Crippen molar-refractivity contribution >= 4 is 17.6 Å². The summed E-state index contributed by atoms with van der Waals surface area (Å²) in [7, 11) is 0. The van der Waals surface area contributed by atoms with Gasteiger partial charge < -0.3 is 9.84 Å². The second-order valence-electron chi connectivity index (χ2n) is 4.11. The molecule has 3 nitrogen and oxygen atoms in total. The first-order valence-electron chi connectivity index (χ1n) is 5.82. The van der Waals surface area contributed by atoms with Crippen LogP contribution in [-0.4, -0.2) is 11.1 Å². The summed E-state index contributed by atoms with van der Waals surface area (Å²) in [6, 6.07) is 14.7. The predicted octanol–water partition coefficient (Wildman–Crippen LogP) is 3.55. The molecule has 0 unspecified atom stereocenters. The lowest BCUT2D eigenvalue weighted by Gasteiger charge is -2.09. The Kier molecular flexibility index (Phi) is 4.42. The SMILES string of the molecule is O=C(O)Cc1ccc(Cl)c(OCc2ccccc2)c1. The van der Waals surface area contributed by atoms with Crippen LogP contribution >= 0.6 is 11.6 Å². The second-order valence-corrected chi connectivity index (χ2v) is 4.52. The third-order valence-corrected chi connectivity index (χ3v) is 2.90. The average molecular weight is 277 g/mol. The monoisotopic (exact) mass is 276 g/mol. The van der Waals surface area contributed by atoms with Gasteiger partial charge in [-0.1, -0.05) is 48.0 Å². The van der Waals surface area contributed by atoms with Crippen LogP contribution < -0.4 is 4.74 Å². The van der Waals surface area contributed by atoms with Crippen LogP contribution in [0.5, 0.6) is 5.75 Å². The van der Waals surface area contributed by atoms with Gasteiger partial charge in [-0.25, -0.2) is 0 Å². The average Bonchev–Trinajstić information content (AvgIpc) is 2.40. The summed E-state index contributed by atoms with van der Waals surface area (Å²) in [4.78, 5) is 10.7. The Labute approximate surface area is 116 Å². The number of hydrogen-bond acceptors (Lipinski definition) is 2. The summed E-state index contributed by atoms with van der Waals surface area (Å²) >= 11 is 6.03. The Morgan fingerprint density at radius 2 is 1.84 bits per heavy atom. The number of hydrogen-bond donors (Lipinski definition) is 1. The van der Waals surface area contributed by atoms with Gasteiger partial charge in [0.25, 0.3) is 0 Å². The summed E-state index contributed by atoms with van der Waals surface area (Å²) < 4.78 is 5.62. The van der Waals surface area contributed by atoms with Crippen LogP contribution in [0.1, 0.15) is 11.1 Å². The highest BCUT2D eigenvalue weighted by molar-refractivity contribution is 6.32. The van der Waals surface area contributed by atoms with Crippen LogP contribution in [0.15, 0.2) is 48.5 Å². The van der Waals surface area contributed by atoms with Gasteiger partial charge in [-0.2, -0.15) is 0 Å². The predicted molar refractivity (Wildman–Crippen MR) is 73.6 cm³/mol. The number of carboxylic acids is 1. The smallest absolute Gasteiger partial charge is 0.307 e. The topological polar surface area (TPSA) is 46.5 Å². The standard InChI is InChI=1S/C15H13ClO3/c16-13-7-6-12(9-15(17)18)8-14(13)19-10-11-4-2-1-3-5-11/h1-8H,9-10H2,(H,17,18). The molecule has 0 saturated heterocycles. The normalized spacial score (nSPS) is 10.2. The lowest BCUT2D eigenvalue weighted by Crippen LogP contribution is -2.01. The zero-order valence-electron chi connectivity index (χ0n) is 10.2. The molecular weight excluding hydrogens is 264 g/mol. The fourth-order valence-corrected chi connectivity index (χ4v) is 1.85. The van der Waals surface area contributed by atoms with E-state index in [1.807, 2.05) is 30.3 Å². The first-order chi connectivity index (χ1) is 9.15. The summed E-state index contributed by atoms with van der Waals surface area (Å²) in [5.41, 5.74) is 1.70. The van der Waals surface area contributed by atoms with Crippen molar-refractivity contribution in [3.63, 3.8) is 0 Å². The minimum atomic E-state index is -0.878. The van der Waals surface area contributed by atoms with E-state index in [4.69, 9.17) is 21.4 Å². The van der Waals surface area contributed by atoms with Crippen molar-refractivity contribution in [3.05, 3.63) is 64.7 Å². The molecule has 2 aromatic rings. The Morgan fingerprint density at radius 1 is 1.11 bits per heavy atom. The Morgan fingerprint density at radius 3 is 2.53 bits per heavy atom. The molecule has 2 aromatic carbocycles. The number of carbonyl (C=O) groups is 1. The van der Waals surface area contributed by atoms with Crippen molar-refractivity contribution in [1.82, 2.24) is 0 Å². The first kappa shape index (κ1) is 13.4. The van der Waals surface area contributed by atoms with E-state index in [0.29, 0.717) is 22.9 Å². The quantitative estimate of drug-likeness (QED) is 0.908. The highest BCUT2D eigenvalue weighted by Crippen LogP contribution is 2.26. The minimum Gasteiger partial charge on any atom is -0.487 e. The van der Waals surface area contributed by atoms with Gasteiger partial charge in [0.05, 0.1) is 11.4 Å². The molecule has 0 aromatic heterocycles. The first-order valence-corrected chi connectivity index (χ1v) is 6.20. The number of rotatable bonds is 5. The van der Waals surface area contributed by atoms with Crippen LogP contribution in [0.2, 0.25) is 5.02 Å². The highest BCUT2D eigenvalue weighted by atomic mass is 35.5. The molecule has 0 aliphatic heterocycles. The molecule has 0 heterocycles. The largest absolute Gasteiger partial charge is 0.487 e. The molecule has 0 amide bonds. The summed E-state index contributed by atoms with van der Waals surface area (Å²) in [5, 5.41) is 9.24. The zero-order valence-corrected chi connectivity index (χ0v) is 10.9. The molecule has 1 N–H and O–H groups in total. The van der Waals surface area contributed by atoms with Crippen molar-refractivity contribution in [1.29, 1.82) is 0 Å². The van der Waals surface area contributed by atoms with Gasteiger partial charge >= 0.3 is 5.97 Å². The molecule has 0 aliphatic carbocycles. The number of halogens is 1. The number of carboxylic acid groups (broad SMARTS) is 1. The molecule has 0 bridgehead atoms. The van der Waals surface area contributed by atoms with E-state index in [9.17, 15) is 4.79 Å². The van der Waals surface area contributed by atoms with Gasteiger partial charge in [0.2, 0.25) is 0 Å². The van der Waals surface area contributed by atoms with E-state index in [1.165, 1.54) is 0 Å². The molecule has 0 atom stereocenters. The number of ether oxygens (including phenoxy) is 1. The minimum absolute atomic E-state index is 0.0428. The van der Waals surface area contributed by atoms with Gasteiger partial charge in [-0.15, -0.1) is 0 Å². The van der Waals surface area contributed by atoms with Crippen LogP contribution in [0.25, 0.3) is 0 Å². The van der Waals surface area contributed by atoms with Crippen molar-refractivity contribution in [2.24, 2.45) is 0 Å². The fraction of sp³-hybridized carbons (Fsp3) is 0.133. The molecule has 0 saturated carbocycles. The van der Waals surface area contributed by atoms with Crippen molar-refractivity contribution < 1.29 is 14.6 Å². The summed E-state index contributed by atoms with van der Waals surface area (Å²) in [6.45, 7) is 0.400. The van der Waals surface area contributed by atoms with E-state index in [-0.39, 0.29) is 6.42 Å². The third-order valence-electron chi connectivity index (χ3n) is 2.59. The van der Waals surface area contributed by atoms with Crippen molar-refractivity contribution in [2.75, 3.05) is 0 Å². The van der Waals surface area contributed by atoms with Crippen molar-refractivity contribution in [2.45, 2.75) is 13.0 Å². The van der Waals surface area contributed by atoms with Crippen LogP contribution in [0, 0.1) is 0 Å². The van der Waals surface area contributed by atoms with E-state index >= 15 is 0 Å². The lowest BCUT2D eigenvalue weighted by atomic mass is 10.1. The van der Waals surface area contributed by atoms with E-state index < -0.39 is 5.97 Å². The second kappa shape index (κ2) is 6.25. The summed E-state index contributed by atoms with van der Waals surface area (Å²) in [5.74, 6) is -0.374. The maximum Gasteiger partial charge on any atom is 0.307 e. The maximum atomic E-state index is 10.7. The van der Waals surface area contributed by atoms with Crippen LogP contribution in [0.3, 0.4) is 0 Å². The number of benzene rings is 2. The molecule has 0 aliphatic rings. The van der Waals surface area contributed by atoms with E-state index in [0.717, 1.165) is 5.56 Å². The Hall–Kier alpha value is -2.00. The lowest BCUT2D eigenvalue weighted by molar-refractivity contribution is -0.136. The molecule has 19 heavy (non-hydrogen) atoms. The Bertz CT molecular complexity index is 567. The number of aliphatic carboxylic acids is 1. The summed E-state index contributed by atoms with van der Waals surface area (Å²) in [6.07, 6.45) is -0.0428.